The number of anilines is 2. The molecular weight excluding hydrogens is 328 g/mol. The number of rotatable bonds is 3. The number of aliphatic imine (C=N–C) groups is 1. The zero-order valence-electron chi connectivity index (χ0n) is 14.5. The Kier molecular flexibility index (Phi) is 4.69. The third-order valence-corrected chi connectivity index (χ3v) is 4.81. The molecule has 0 aromatic heterocycles. The summed E-state index contributed by atoms with van der Waals surface area (Å²) in [4.78, 5) is 19.5. The highest BCUT2D eigenvalue weighted by Crippen LogP contribution is 2.34. The van der Waals surface area contributed by atoms with Gasteiger partial charge in [0.1, 0.15) is 0 Å². The number of carbonyl (C=O) groups is 1. The van der Waals surface area contributed by atoms with Gasteiger partial charge in [-0.3, -0.25) is 9.79 Å². The first-order chi connectivity index (χ1) is 12.8. The van der Waals surface area contributed by atoms with Crippen molar-refractivity contribution in [1.82, 2.24) is 5.32 Å². The van der Waals surface area contributed by atoms with Crippen LogP contribution in [0.4, 0.5) is 11.4 Å². The molecule has 6 heteroatoms. The number of benzene rings is 2. The molecule has 1 amide bonds. The number of carbonyl (C=O) groups excluding carboxylic acids is 1. The van der Waals surface area contributed by atoms with Gasteiger partial charge in [-0.2, -0.15) is 0 Å². The van der Waals surface area contributed by atoms with Gasteiger partial charge in [-0.15, -0.1) is 0 Å². The van der Waals surface area contributed by atoms with Crippen LogP contribution in [0.1, 0.15) is 11.1 Å². The summed E-state index contributed by atoms with van der Waals surface area (Å²) in [7, 11) is 0. The minimum atomic E-state index is -0.812. The van der Waals surface area contributed by atoms with E-state index in [1.165, 1.54) is 0 Å². The summed E-state index contributed by atoms with van der Waals surface area (Å²) < 4.78 is 0. The van der Waals surface area contributed by atoms with E-state index in [0.29, 0.717) is 0 Å². The molecule has 0 bridgehead atoms. The van der Waals surface area contributed by atoms with Gasteiger partial charge >= 0.3 is 0 Å². The number of hydrogen-bond donors (Lipinski definition) is 3. The number of hydrogen-bond acceptors (Lipinski definition) is 5. The molecule has 3 N–H and O–H groups in total. The molecular formula is C20H22N4O2. The van der Waals surface area contributed by atoms with Crippen LogP contribution in [-0.4, -0.2) is 55.6 Å². The van der Waals surface area contributed by atoms with Gasteiger partial charge < -0.3 is 20.6 Å². The number of aliphatic hydroxyl groups is 1. The first kappa shape index (κ1) is 16.8. The maximum atomic E-state index is 12.6. The van der Waals surface area contributed by atoms with Crippen molar-refractivity contribution in [3.05, 3.63) is 59.7 Å². The van der Waals surface area contributed by atoms with Crippen molar-refractivity contribution in [2.75, 3.05) is 43.0 Å². The molecule has 2 aromatic carbocycles. The van der Waals surface area contributed by atoms with Gasteiger partial charge in [-0.1, -0.05) is 42.5 Å². The number of benzodiazepines with no additional fused rings is 1. The van der Waals surface area contributed by atoms with Crippen molar-refractivity contribution in [3.63, 3.8) is 0 Å². The average molecular weight is 350 g/mol. The van der Waals surface area contributed by atoms with Crippen molar-refractivity contribution in [3.8, 4) is 0 Å². The standard InChI is InChI=1S/C20H22N4O2/c25-13-16-20(26)23-19-15(18(22-16)14-5-2-1-3-6-14)7-4-8-17(19)24-11-9-21-10-12-24/h1-8,16,21,25H,9-13H2,(H,23,26)/t16-/m1/s1. The van der Waals surface area contributed by atoms with Gasteiger partial charge in [0.2, 0.25) is 0 Å². The maximum Gasteiger partial charge on any atom is 0.251 e. The van der Waals surface area contributed by atoms with Crippen molar-refractivity contribution >= 4 is 23.0 Å². The first-order valence-corrected chi connectivity index (χ1v) is 8.92. The van der Waals surface area contributed by atoms with Crippen LogP contribution in [0.5, 0.6) is 0 Å². The predicted molar refractivity (Wildman–Crippen MR) is 103 cm³/mol. The zero-order chi connectivity index (χ0) is 17.9. The summed E-state index contributed by atoms with van der Waals surface area (Å²) in [6.07, 6.45) is 0. The van der Waals surface area contributed by atoms with Crippen LogP contribution in [0, 0.1) is 0 Å². The number of amides is 1. The highest BCUT2D eigenvalue weighted by Gasteiger charge is 2.28. The van der Waals surface area contributed by atoms with Gasteiger partial charge in [-0.25, -0.2) is 0 Å². The first-order valence-electron chi connectivity index (χ1n) is 8.92. The monoisotopic (exact) mass is 350 g/mol. The normalized spacial score (nSPS) is 20.0. The minimum absolute atomic E-state index is 0.276. The van der Waals surface area contributed by atoms with Crippen LogP contribution in [0.15, 0.2) is 53.5 Å². The van der Waals surface area contributed by atoms with Gasteiger partial charge in [0.25, 0.3) is 5.91 Å². The van der Waals surface area contributed by atoms with Crippen LogP contribution < -0.4 is 15.5 Å². The molecule has 1 atom stereocenters. The number of fused-ring (bicyclic) bond motifs is 1. The fourth-order valence-corrected chi connectivity index (χ4v) is 3.48. The fraction of sp³-hybridized carbons (Fsp3) is 0.300. The van der Waals surface area contributed by atoms with Crippen LogP contribution in [-0.2, 0) is 4.79 Å². The van der Waals surface area contributed by atoms with E-state index in [-0.39, 0.29) is 12.5 Å². The Morgan fingerprint density at radius 1 is 1.08 bits per heavy atom. The van der Waals surface area contributed by atoms with E-state index < -0.39 is 6.04 Å². The number of piperazine rings is 1. The highest BCUT2D eigenvalue weighted by molar-refractivity contribution is 6.21. The van der Waals surface area contributed by atoms with Crippen LogP contribution in [0.2, 0.25) is 0 Å². The topological polar surface area (TPSA) is 77.0 Å². The van der Waals surface area contributed by atoms with E-state index in [4.69, 9.17) is 0 Å². The van der Waals surface area contributed by atoms with E-state index in [9.17, 15) is 9.90 Å². The summed E-state index contributed by atoms with van der Waals surface area (Å²) in [6, 6.07) is 15.0. The average Bonchev–Trinajstić information content (AvgIpc) is 2.85. The zero-order valence-corrected chi connectivity index (χ0v) is 14.5. The van der Waals surface area contributed by atoms with Crippen LogP contribution in [0.3, 0.4) is 0 Å². The lowest BCUT2D eigenvalue weighted by molar-refractivity contribution is -0.118. The Bertz CT molecular complexity index is 829. The third kappa shape index (κ3) is 3.09. The van der Waals surface area contributed by atoms with E-state index in [1.54, 1.807) is 0 Å². The van der Waals surface area contributed by atoms with Crippen molar-refractivity contribution in [2.24, 2.45) is 4.99 Å². The number of nitrogens with zero attached hydrogens (tertiary/aromatic N) is 2. The van der Waals surface area contributed by atoms with E-state index in [2.05, 4.69) is 20.5 Å². The Morgan fingerprint density at radius 3 is 2.58 bits per heavy atom. The molecule has 26 heavy (non-hydrogen) atoms. The molecule has 1 saturated heterocycles. The Hall–Kier alpha value is -2.70. The summed E-state index contributed by atoms with van der Waals surface area (Å²) >= 11 is 0. The second-order valence-corrected chi connectivity index (χ2v) is 6.47. The predicted octanol–water partition coefficient (Wildman–Crippen LogP) is 1.25. The van der Waals surface area contributed by atoms with E-state index >= 15 is 0 Å². The van der Waals surface area contributed by atoms with Crippen molar-refractivity contribution in [1.29, 1.82) is 0 Å². The third-order valence-electron chi connectivity index (χ3n) is 4.81. The van der Waals surface area contributed by atoms with Gasteiger partial charge in [0, 0.05) is 37.3 Å². The molecule has 0 saturated carbocycles. The second-order valence-electron chi connectivity index (χ2n) is 6.47. The molecule has 2 aliphatic heterocycles. The summed E-state index contributed by atoms with van der Waals surface area (Å²) in [6.45, 7) is 3.27. The molecule has 0 aliphatic carbocycles. The number of aliphatic hydroxyl groups excluding tert-OH is 1. The lowest BCUT2D eigenvalue weighted by Gasteiger charge is -2.31. The minimum Gasteiger partial charge on any atom is -0.394 e. The fourth-order valence-electron chi connectivity index (χ4n) is 3.48. The molecule has 0 unspecified atom stereocenters. The quantitative estimate of drug-likeness (QED) is 0.779. The molecule has 6 nitrogen and oxygen atoms in total. The Labute approximate surface area is 152 Å². The second kappa shape index (κ2) is 7.27. The van der Waals surface area contributed by atoms with Crippen molar-refractivity contribution in [2.45, 2.75) is 6.04 Å². The molecule has 1 fully saturated rings. The number of para-hydroxylation sites is 1. The molecule has 2 aliphatic rings. The molecule has 2 aromatic rings. The molecule has 0 radical (unpaired) electrons. The van der Waals surface area contributed by atoms with Gasteiger partial charge in [0.15, 0.2) is 6.04 Å². The summed E-state index contributed by atoms with van der Waals surface area (Å²) in [5.41, 5.74) is 4.32. The lowest BCUT2D eigenvalue weighted by atomic mass is 9.99. The van der Waals surface area contributed by atoms with E-state index in [0.717, 1.165) is 54.4 Å². The highest BCUT2D eigenvalue weighted by atomic mass is 16.3. The van der Waals surface area contributed by atoms with Crippen molar-refractivity contribution < 1.29 is 9.90 Å². The molecule has 4 rings (SSSR count). The van der Waals surface area contributed by atoms with Gasteiger partial charge in [0.05, 0.1) is 23.7 Å². The van der Waals surface area contributed by atoms with Crippen LogP contribution >= 0.6 is 0 Å². The summed E-state index contributed by atoms with van der Waals surface area (Å²) in [5.74, 6) is -0.276. The Morgan fingerprint density at radius 2 is 1.85 bits per heavy atom. The van der Waals surface area contributed by atoms with Gasteiger partial charge in [-0.05, 0) is 6.07 Å². The maximum absolute atomic E-state index is 12.6. The number of nitrogens with one attached hydrogen (secondary N) is 2. The molecule has 0 spiro atoms. The lowest BCUT2D eigenvalue weighted by Crippen LogP contribution is -2.44. The molecule has 2 heterocycles. The Balaban J connectivity index is 1.86. The smallest absolute Gasteiger partial charge is 0.251 e. The van der Waals surface area contributed by atoms with Crippen LogP contribution in [0.25, 0.3) is 0 Å². The summed E-state index contributed by atoms with van der Waals surface area (Å²) in [5, 5.41) is 16.0. The SMILES string of the molecule is O=C1Nc2c(cccc2N2CCNCC2)C(c2ccccc2)=N[C@@H]1CO. The largest absolute Gasteiger partial charge is 0.394 e. The molecule has 134 valence electrons. The van der Waals surface area contributed by atoms with E-state index in [1.807, 2.05) is 48.5 Å².